The van der Waals surface area contributed by atoms with Gasteiger partial charge in [-0.2, -0.15) is 0 Å². The summed E-state index contributed by atoms with van der Waals surface area (Å²) in [5.41, 5.74) is 3.76. The topological polar surface area (TPSA) is 37.8 Å². The molecule has 1 aliphatic rings. The number of hydrogen-bond donors (Lipinski definition) is 1. The van der Waals surface area contributed by atoms with Crippen LogP contribution in [-0.2, 0) is 19.3 Å². The molecule has 0 saturated heterocycles. The van der Waals surface area contributed by atoms with Crippen LogP contribution in [0.3, 0.4) is 0 Å². The van der Waals surface area contributed by atoms with Gasteiger partial charge in [0.05, 0.1) is 0 Å². The van der Waals surface area contributed by atoms with Crippen molar-refractivity contribution in [2.45, 2.75) is 25.7 Å². The molecule has 1 heterocycles. The van der Waals surface area contributed by atoms with Gasteiger partial charge in [0, 0.05) is 29.2 Å². The van der Waals surface area contributed by atoms with E-state index in [2.05, 4.69) is 38.4 Å². The minimum Gasteiger partial charge on any atom is -0.373 e. The number of hydrogen-bond acceptors (Lipinski definition) is 3. The van der Waals surface area contributed by atoms with Crippen molar-refractivity contribution in [2.24, 2.45) is 0 Å². The van der Waals surface area contributed by atoms with Gasteiger partial charge in [0.1, 0.15) is 11.6 Å². The van der Waals surface area contributed by atoms with Gasteiger partial charge in [-0.3, -0.25) is 0 Å². The first-order valence-corrected chi connectivity index (χ1v) is 7.36. The number of nitrogens with one attached hydrogen (secondary N) is 1. The average molecular weight is 318 g/mol. The van der Waals surface area contributed by atoms with Crippen LogP contribution in [-0.4, -0.2) is 17.0 Å². The highest BCUT2D eigenvalue weighted by molar-refractivity contribution is 9.10. The molecule has 0 unspecified atom stereocenters. The third-order valence-electron chi connectivity index (χ3n) is 3.47. The predicted octanol–water partition coefficient (Wildman–Crippen LogP) is 3.36. The van der Waals surface area contributed by atoms with E-state index in [9.17, 15) is 0 Å². The molecule has 1 aliphatic carbocycles. The zero-order chi connectivity index (χ0) is 13.2. The summed E-state index contributed by atoms with van der Waals surface area (Å²) in [4.78, 5) is 9.37. The van der Waals surface area contributed by atoms with Crippen LogP contribution in [0.5, 0.6) is 0 Å². The van der Waals surface area contributed by atoms with Crippen LogP contribution in [0.15, 0.2) is 28.7 Å². The third kappa shape index (κ3) is 2.63. The second kappa shape index (κ2) is 5.29. The summed E-state index contributed by atoms with van der Waals surface area (Å²) in [5, 5.41) is 3.20. The lowest BCUT2D eigenvalue weighted by atomic mass is 10.1. The molecule has 0 amide bonds. The van der Waals surface area contributed by atoms with E-state index in [4.69, 9.17) is 4.98 Å². The molecule has 4 heteroatoms. The molecular weight excluding hydrogens is 302 g/mol. The van der Waals surface area contributed by atoms with Gasteiger partial charge in [-0.1, -0.05) is 28.1 Å². The number of anilines is 1. The van der Waals surface area contributed by atoms with Gasteiger partial charge in [0.25, 0.3) is 0 Å². The number of aryl methyl sites for hydroxylation is 1. The van der Waals surface area contributed by atoms with Crippen molar-refractivity contribution in [2.75, 3.05) is 12.4 Å². The molecule has 0 spiro atoms. The number of nitrogens with zero attached hydrogens (tertiary/aromatic N) is 2. The first-order chi connectivity index (χ1) is 9.26. The third-order valence-corrected chi connectivity index (χ3v) is 3.96. The summed E-state index contributed by atoms with van der Waals surface area (Å²) in [6.07, 6.45) is 4.15. The highest BCUT2D eigenvalue weighted by Gasteiger charge is 2.18. The molecular formula is C15H16BrN3. The Morgan fingerprint density at radius 3 is 2.95 bits per heavy atom. The molecule has 1 N–H and O–H groups in total. The Labute approximate surface area is 121 Å². The summed E-state index contributed by atoms with van der Waals surface area (Å²) in [7, 11) is 1.93. The molecule has 98 valence electrons. The van der Waals surface area contributed by atoms with Crippen molar-refractivity contribution in [1.29, 1.82) is 0 Å². The van der Waals surface area contributed by atoms with E-state index in [1.165, 1.54) is 23.2 Å². The molecule has 0 aliphatic heterocycles. The first kappa shape index (κ1) is 12.6. The van der Waals surface area contributed by atoms with Gasteiger partial charge in [0.15, 0.2) is 0 Å². The van der Waals surface area contributed by atoms with Crippen LogP contribution in [0.1, 0.15) is 29.1 Å². The maximum Gasteiger partial charge on any atom is 0.135 e. The van der Waals surface area contributed by atoms with Gasteiger partial charge in [-0.05, 0) is 37.0 Å². The Morgan fingerprint density at radius 2 is 2.16 bits per heavy atom. The van der Waals surface area contributed by atoms with Gasteiger partial charge in [0.2, 0.25) is 0 Å². The Kier molecular flexibility index (Phi) is 3.51. The Hall–Kier alpha value is -1.42. The van der Waals surface area contributed by atoms with Gasteiger partial charge < -0.3 is 5.32 Å². The fourth-order valence-electron chi connectivity index (χ4n) is 2.60. The van der Waals surface area contributed by atoms with Crippen molar-refractivity contribution in [1.82, 2.24) is 9.97 Å². The minimum absolute atomic E-state index is 0.779. The monoisotopic (exact) mass is 317 g/mol. The van der Waals surface area contributed by atoms with E-state index in [0.717, 1.165) is 35.4 Å². The van der Waals surface area contributed by atoms with E-state index in [1.54, 1.807) is 0 Å². The largest absolute Gasteiger partial charge is 0.373 e. The molecule has 2 aromatic rings. The quantitative estimate of drug-likeness (QED) is 0.943. The van der Waals surface area contributed by atoms with Crippen LogP contribution in [0.25, 0.3) is 0 Å². The van der Waals surface area contributed by atoms with E-state index in [1.807, 2.05) is 19.2 Å². The zero-order valence-electron chi connectivity index (χ0n) is 10.9. The molecule has 0 bridgehead atoms. The zero-order valence-corrected chi connectivity index (χ0v) is 12.5. The SMILES string of the molecule is CNc1nc(Cc2cccc(Br)c2)nc2c1CCC2. The molecule has 3 nitrogen and oxygen atoms in total. The van der Waals surface area contributed by atoms with Gasteiger partial charge in [-0.15, -0.1) is 0 Å². The molecule has 1 aromatic carbocycles. The lowest BCUT2D eigenvalue weighted by molar-refractivity contribution is 0.885. The second-order valence-corrected chi connectivity index (χ2v) is 5.74. The maximum absolute atomic E-state index is 4.72. The standard InChI is InChI=1S/C15H16BrN3/c1-17-15-12-6-3-7-13(12)18-14(19-15)9-10-4-2-5-11(16)8-10/h2,4-5,8H,3,6-7,9H2,1H3,(H,17,18,19). The Balaban J connectivity index is 1.93. The number of benzene rings is 1. The highest BCUT2D eigenvalue weighted by atomic mass is 79.9. The van der Waals surface area contributed by atoms with Crippen LogP contribution >= 0.6 is 15.9 Å². The molecule has 3 rings (SSSR count). The summed E-state index contributed by atoms with van der Waals surface area (Å²) in [6.45, 7) is 0. The van der Waals surface area contributed by atoms with Crippen molar-refractivity contribution in [3.05, 3.63) is 51.4 Å². The number of halogens is 1. The molecule has 0 fully saturated rings. The molecule has 1 aromatic heterocycles. The summed E-state index contributed by atoms with van der Waals surface area (Å²) in [5.74, 6) is 1.91. The predicted molar refractivity (Wildman–Crippen MR) is 80.6 cm³/mol. The van der Waals surface area contributed by atoms with E-state index in [0.29, 0.717) is 0 Å². The highest BCUT2D eigenvalue weighted by Crippen LogP contribution is 2.26. The van der Waals surface area contributed by atoms with Crippen molar-refractivity contribution >= 4 is 21.7 Å². The van der Waals surface area contributed by atoms with Crippen LogP contribution < -0.4 is 5.32 Å². The lowest BCUT2D eigenvalue weighted by Crippen LogP contribution is -2.06. The molecule has 0 radical (unpaired) electrons. The van der Waals surface area contributed by atoms with Crippen molar-refractivity contribution < 1.29 is 0 Å². The Morgan fingerprint density at radius 1 is 1.26 bits per heavy atom. The minimum atomic E-state index is 0.779. The fourth-order valence-corrected chi connectivity index (χ4v) is 3.05. The van der Waals surface area contributed by atoms with Crippen molar-refractivity contribution in [3.63, 3.8) is 0 Å². The van der Waals surface area contributed by atoms with Crippen molar-refractivity contribution in [3.8, 4) is 0 Å². The smallest absolute Gasteiger partial charge is 0.135 e. The van der Waals surface area contributed by atoms with E-state index in [-0.39, 0.29) is 0 Å². The van der Waals surface area contributed by atoms with Crippen LogP contribution in [0, 0.1) is 0 Å². The van der Waals surface area contributed by atoms with Crippen LogP contribution in [0.2, 0.25) is 0 Å². The number of fused-ring (bicyclic) bond motifs is 1. The maximum atomic E-state index is 4.72. The normalized spacial score (nSPS) is 13.4. The first-order valence-electron chi connectivity index (χ1n) is 6.57. The second-order valence-electron chi connectivity index (χ2n) is 4.82. The van der Waals surface area contributed by atoms with E-state index < -0.39 is 0 Å². The molecule has 0 atom stereocenters. The van der Waals surface area contributed by atoms with Crippen LogP contribution in [0.4, 0.5) is 5.82 Å². The molecule has 19 heavy (non-hydrogen) atoms. The number of rotatable bonds is 3. The summed E-state index contributed by atoms with van der Waals surface area (Å²) in [6, 6.07) is 8.31. The van der Waals surface area contributed by atoms with E-state index >= 15 is 0 Å². The van der Waals surface area contributed by atoms with Gasteiger partial charge in [-0.25, -0.2) is 9.97 Å². The fraction of sp³-hybridized carbons (Fsp3) is 0.333. The average Bonchev–Trinajstić information content (AvgIpc) is 2.86. The Bertz CT molecular complexity index is 610. The molecule has 0 saturated carbocycles. The lowest BCUT2D eigenvalue weighted by Gasteiger charge is -2.09. The number of aromatic nitrogens is 2. The summed E-state index contributed by atoms with van der Waals surface area (Å²) < 4.78 is 1.10. The summed E-state index contributed by atoms with van der Waals surface area (Å²) >= 11 is 3.50. The van der Waals surface area contributed by atoms with Gasteiger partial charge >= 0.3 is 0 Å².